The first-order valence-corrected chi connectivity index (χ1v) is 6.45. The van der Waals surface area contributed by atoms with Crippen molar-refractivity contribution >= 4 is 11.0 Å². The Morgan fingerprint density at radius 2 is 2.41 bits per heavy atom. The number of aromatic nitrogens is 2. The van der Waals surface area contributed by atoms with Crippen molar-refractivity contribution in [3.8, 4) is 0 Å². The Morgan fingerprint density at radius 1 is 1.47 bits per heavy atom. The molecular weight excluding hydrogens is 210 g/mol. The van der Waals surface area contributed by atoms with Crippen LogP contribution in [0.1, 0.15) is 18.4 Å². The van der Waals surface area contributed by atoms with Gasteiger partial charge in [0.25, 0.3) is 0 Å². The van der Waals surface area contributed by atoms with E-state index < -0.39 is 0 Å². The number of rotatable bonds is 2. The van der Waals surface area contributed by atoms with Crippen molar-refractivity contribution in [3.05, 3.63) is 30.1 Å². The molecule has 0 spiro atoms. The third-order valence-electron chi connectivity index (χ3n) is 3.63. The maximum absolute atomic E-state index is 4.49. The summed E-state index contributed by atoms with van der Waals surface area (Å²) >= 11 is 0. The molecule has 1 aliphatic rings. The van der Waals surface area contributed by atoms with Crippen molar-refractivity contribution in [2.75, 3.05) is 13.1 Å². The molecule has 1 unspecified atom stereocenters. The molecule has 2 aromatic rings. The number of imidazole rings is 1. The van der Waals surface area contributed by atoms with Crippen LogP contribution < -0.4 is 5.32 Å². The molecule has 0 amide bonds. The first-order chi connectivity index (χ1) is 8.33. The predicted octanol–water partition coefficient (Wildman–Crippen LogP) is 2.34. The quantitative estimate of drug-likeness (QED) is 0.856. The van der Waals surface area contributed by atoms with Gasteiger partial charge in [0.15, 0.2) is 0 Å². The SMILES string of the molecule is Cc1ccc2c(c1)ncn2CC1CCCNC1. The van der Waals surface area contributed by atoms with Crippen molar-refractivity contribution < 1.29 is 0 Å². The van der Waals surface area contributed by atoms with E-state index in [2.05, 4.69) is 40.0 Å². The van der Waals surface area contributed by atoms with Gasteiger partial charge in [-0.25, -0.2) is 4.98 Å². The highest BCUT2D eigenvalue weighted by Gasteiger charge is 2.14. The lowest BCUT2D eigenvalue weighted by Gasteiger charge is -2.23. The Hall–Kier alpha value is -1.35. The second-order valence-corrected chi connectivity index (χ2v) is 5.10. The van der Waals surface area contributed by atoms with E-state index in [4.69, 9.17) is 0 Å². The number of hydrogen-bond acceptors (Lipinski definition) is 2. The highest BCUT2D eigenvalue weighted by atomic mass is 15.1. The summed E-state index contributed by atoms with van der Waals surface area (Å²) in [5.74, 6) is 0.752. The zero-order valence-corrected chi connectivity index (χ0v) is 10.3. The first kappa shape index (κ1) is 10.8. The van der Waals surface area contributed by atoms with Crippen LogP contribution in [0.2, 0.25) is 0 Å². The molecule has 1 atom stereocenters. The molecule has 1 saturated heterocycles. The molecule has 1 fully saturated rings. The van der Waals surface area contributed by atoms with Gasteiger partial charge >= 0.3 is 0 Å². The van der Waals surface area contributed by atoms with Crippen molar-refractivity contribution in [2.45, 2.75) is 26.3 Å². The third kappa shape index (κ3) is 2.20. The van der Waals surface area contributed by atoms with E-state index in [1.54, 1.807) is 0 Å². The van der Waals surface area contributed by atoms with Gasteiger partial charge in [-0.05, 0) is 56.5 Å². The van der Waals surface area contributed by atoms with E-state index in [1.807, 2.05) is 6.33 Å². The molecule has 1 aromatic carbocycles. The number of aryl methyl sites for hydroxylation is 1. The van der Waals surface area contributed by atoms with Crippen LogP contribution in [0.25, 0.3) is 11.0 Å². The molecule has 1 aromatic heterocycles. The zero-order chi connectivity index (χ0) is 11.7. The zero-order valence-electron chi connectivity index (χ0n) is 10.3. The molecule has 3 rings (SSSR count). The van der Waals surface area contributed by atoms with Crippen LogP contribution in [0, 0.1) is 12.8 Å². The molecule has 2 heterocycles. The summed E-state index contributed by atoms with van der Waals surface area (Å²) < 4.78 is 2.30. The normalized spacial score (nSPS) is 20.9. The summed E-state index contributed by atoms with van der Waals surface area (Å²) in [6.45, 7) is 5.53. The topological polar surface area (TPSA) is 29.9 Å². The van der Waals surface area contributed by atoms with Gasteiger partial charge in [-0.15, -0.1) is 0 Å². The Labute approximate surface area is 102 Å². The predicted molar refractivity (Wildman–Crippen MR) is 70.1 cm³/mol. The molecule has 3 heteroatoms. The molecule has 0 radical (unpaired) electrons. The molecule has 3 nitrogen and oxygen atoms in total. The van der Waals surface area contributed by atoms with E-state index in [-0.39, 0.29) is 0 Å². The van der Waals surface area contributed by atoms with Gasteiger partial charge in [-0.3, -0.25) is 0 Å². The van der Waals surface area contributed by atoms with Crippen molar-refractivity contribution in [1.29, 1.82) is 0 Å². The first-order valence-electron chi connectivity index (χ1n) is 6.45. The maximum atomic E-state index is 4.49. The van der Waals surface area contributed by atoms with Crippen LogP contribution >= 0.6 is 0 Å². The van der Waals surface area contributed by atoms with Gasteiger partial charge in [0.05, 0.1) is 17.4 Å². The lowest BCUT2D eigenvalue weighted by atomic mass is 10.00. The lowest BCUT2D eigenvalue weighted by Crippen LogP contribution is -2.32. The highest BCUT2D eigenvalue weighted by molar-refractivity contribution is 5.75. The molecule has 1 N–H and O–H groups in total. The van der Waals surface area contributed by atoms with E-state index in [0.717, 1.165) is 24.5 Å². The standard InChI is InChI=1S/C14H19N3/c1-11-4-5-14-13(7-11)16-10-17(14)9-12-3-2-6-15-8-12/h4-5,7,10,12,15H,2-3,6,8-9H2,1H3. The number of hydrogen-bond donors (Lipinski definition) is 1. The third-order valence-corrected chi connectivity index (χ3v) is 3.63. The van der Waals surface area contributed by atoms with Gasteiger partial charge < -0.3 is 9.88 Å². The number of nitrogens with zero attached hydrogens (tertiary/aromatic N) is 2. The van der Waals surface area contributed by atoms with Crippen molar-refractivity contribution in [2.24, 2.45) is 5.92 Å². The summed E-state index contributed by atoms with van der Waals surface area (Å²) in [6, 6.07) is 6.51. The average molecular weight is 229 g/mol. The van der Waals surface area contributed by atoms with Gasteiger partial charge in [0, 0.05) is 6.54 Å². The van der Waals surface area contributed by atoms with Gasteiger partial charge in [0.1, 0.15) is 0 Å². The van der Waals surface area contributed by atoms with Gasteiger partial charge in [0.2, 0.25) is 0 Å². The molecule has 90 valence electrons. The Morgan fingerprint density at radius 3 is 3.24 bits per heavy atom. The summed E-state index contributed by atoms with van der Waals surface area (Å²) in [4.78, 5) is 4.49. The van der Waals surface area contributed by atoms with E-state index in [9.17, 15) is 0 Å². The summed E-state index contributed by atoms with van der Waals surface area (Å²) in [7, 11) is 0. The molecular formula is C14H19N3. The van der Waals surface area contributed by atoms with Gasteiger partial charge in [-0.2, -0.15) is 0 Å². The van der Waals surface area contributed by atoms with Crippen molar-refractivity contribution in [1.82, 2.24) is 14.9 Å². The van der Waals surface area contributed by atoms with E-state index in [0.29, 0.717) is 0 Å². The largest absolute Gasteiger partial charge is 0.330 e. The minimum atomic E-state index is 0.752. The van der Waals surface area contributed by atoms with Crippen LogP contribution in [0.15, 0.2) is 24.5 Å². The molecule has 0 bridgehead atoms. The summed E-state index contributed by atoms with van der Waals surface area (Å²) in [6.07, 6.45) is 4.62. The number of piperidine rings is 1. The average Bonchev–Trinajstić information content (AvgIpc) is 2.73. The second-order valence-electron chi connectivity index (χ2n) is 5.10. The van der Waals surface area contributed by atoms with E-state index in [1.165, 1.54) is 30.5 Å². The fraction of sp³-hybridized carbons (Fsp3) is 0.500. The molecule has 17 heavy (non-hydrogen) atoms. The smallest absolute Gasteiger partial charge is 0.0958 e. The Bertz CT molecular complexity index is 509. The van der Waals surface area contributed by atoms with Crippen LogP contribution in [-0.2, 0) is 6.54 Å². The minimum absolute atomic E-state index is 0.752. The Kier molecular flexibility index (Phi) is 2.85. The molecule has 0 saturated carbocycles. The van der Waals surface area contributed by atoms with Crippen LogP contribution in [-0.4, -0.2) is 22.6 Å². The monoisotopic (exact) mass is 229 g/mol. The number of nitrogens with one attached hydrogen (secondary N) is 1. The summed E-state index contributed by atoms with van der Waals surface area (Å²) in [5, 5.41) is 3.47. The minimum Gasteiger partial charge on any atom is -0.330 e. The van der Waals surface area contributed by atoms with Crippen LogP contribution in [0.3, 0.4) is 0 Å². The van der Waals surface area contributed by atoms with Crippen LogP contribution in [0.4, 0.5) is 0 Å². The second kappa shape index (κ2) is 4.49. The Balaban J connectivity index is 1.84. The number of fused-ring (bicyclic) bond motifs is 1. The molecule has 0 aliphatic carbocycles. The summed E-state index contributed by atoms with van der Waals surface area (Å²) in [5.41, 5.74) is 3.66. The van der Waals surface area contributed by atoms with Crippen molar-refractivity contribution in [3.63, 3.8) is 0 Å². The maximum Gasteiger partial charge on any atom is 0.0958 e. The fourth-order valence-corrected chi connectivity index (χ4v) is 2.68. The molecule has 1 aliphatic heterocycles. The van der Waals surface area contributed by atoms with Gasteiger partial charge in [-0.1, -0.05) is 6.07 Å². The highest BCUT2D eigenvalue weighted by Crippen LogP contribution is 2.18. The lowest BCUT2D eigenvalue weighted by molar-refractivity contribution is 0.340. The fourth-order valence-electron chi connectivity index (χ4n) is 2.68. The van der Waals surface area contributed by atoms with E-state index >= 15 is 0 Å². The number of benzene rings is 1. The van der Waals surface area contributed by atoms with Crippen LogP contribution in [0.5, 0.6) is 0 Å².